The van der Waals surface area contributed by atoms with E-state index in [1.807, 2.05) is 0 Å². The molecular weight excluding hydrogens is 1270 g/mol. The molecule has 0 saturated heterocycles. The first-order valence-corrected chi connectivity index (χ1v) is 30.3. The molecule has 474 valence electrons. The number of aliphatic hydroxyl groups is 4. The molecule has 7 rings (SSSR count). The zero-order chi connectivity index (χ0) is 65.5. The monoisotopic (exact) mass is 1320 g/mol. The van der Waals surface area contributed by atoms with Gasteiger partial charge in [0, 0.05) is 47.2 Å². The third-order valence-corrected chi connectivity index (χ3v) is 15.5. The summed E-state index contributed by atoms with van der Waals surface area (Å²) in [5.41, 5.74) is -6.00. The van der Waals surface area contributed by atoms with Gasteiger partial charge in [-0.2, -0.15) is 43.5 Å². The van der Waals surface area contributed by atoms with Gasteiger partial charge in [-0.3, -0.25) is 18.2 Å². The molecule has 0 radical (unpaired) electrons. The van der Waals surface area contributed by atoms with Crippen LogP contribution >= 0.6 is 0 Å². The van der Waals surface area contributed by atoms with Gasteiger partial charge in [0.2, 0.25) is 11.6 Å². The van der Waals surface area contributed by atoms with Crippen LogP contribution in [0.15, 0.2) is 133 Å². The number of aromatic nitrogens is 2. The van der Waals surface area contributed by atoms with Gasteiger partial charge in [-0.15, -0.1) is 40.9 Å². The van der Waals surface area contributed by atoms with E-state index >= 15 is 0 Å². The Morgan fingerprint density at radius 2 is 1.02 bits per heavy atom. The summed E-state index contributed by atoms with van der Waals surface area (Å²) in [6.45, 7) is -2.16. The van der Waals surface area contributed by atoms with Gasteiger partial charge >= 0.3 is 5.97 Å². The third kappa shape index (κ3) is 15.3. The van der Waals surface area contributed by atoms with Crippen LogP contribution in [0.2, 0.25) is 0 Å². The smallest absolute Gasteiger partial charge is 0.358 e. The number of carbonyl (C=O) groups is 1. The molecular formula is C49H48N10O26S4. The zero-order valence-corrected chi connectivity index (χ0v) is 49.2. The number of benzene rings is 6. The van der Waals surface area contributed by atoms with Crippen LogP contribution in [0, 0.1) is 6.92 Å². The molecule has 0 saturated carbocycles. The van der Waals surface area contributed by atoms with Crippen LogP contribution in [0.3, 0.4) is 0 Å². The molecule has 6 aromatic carbocycles. The first kappa shape index (κ1) is 67.1. The average Bonchev–Trinajstić information content (AvgIpc) is 1.97. The second kappa shape index (κ2) is 27.3. The van der Waals surface area contributed by atoms with Crippen molar-refractivity contribution >= 4 is 103 Å². The summed E-state index contributed by atoms with van der Waals surface area (Å²) in [7, 11) is -17.5. The Kier molecular flexibility index (Phi) is 20.6. The number of methoxy groups -OCH3 is 3. The molecule has 0 aliphatic heterocycles. The fourth-order valence-corrected chi connectivity index (χ4v) is 10.7. The van der Waals surface area contributed by atoms with Gasteiger partial charge in [0.05, 0.1) is 46.8 Å². The first-order chi connectivity index (χ1) is 41.9. The predicted octanol–water partition coefficient (Wildman–Crippen LogP) is 6.59. The number of aliphatic hydroxyl groups excluding tert-OH is 4. The maximum Gasteiger partial charge on any atom is 0.358 e. The number of aryl methyl sites for hydroxylation is 1. The number of azo groups is 4. The number of carboxylic acid groups (broad SMARTS) is 1. The van der Waals surface area contributed by atoms with E-state index in [0.29, 0.717) is 6.07 Å². The normalized spacial score (nSPS) is 12.9. The van der Waals surface area contributed by atoms with Crippen LogP contribution in [0.25, 0.3) is 16.5 Å². The van der Waals surface area contributed by atoms with Crippen LogP contribution < -0.4 is 28.4 Å². The minimum Gasteiger partial charge on any atom is -0.505 e. The largest absolute Gasteiger partial charge is 0.505 e. The van der Waals surface area contributed by atoms with E-state index in [-0.39, 0.29) is 67.5 Å². The molecule has 0 bridgehead atoms. The number of phenolic OH excluding ortho intramolecular Hbond substituents is 1. The highest BCUT2D eigenvalue weighted by molar-refractivity contribution is 7.87. The number of carboxylic acids is 1. The summed E-state index contributed by atoms with van der Waals surface area (Å²) in [6.07, 6.45) is -1.49. The number of aromatic hydroxyl groups is 2. The minimum atomic E-state index is -5.76. The minimum absolute atomic E-state index is 0.0190. The molecule has 1 unspecified atom stereocenters. The Morgan fingerprint density at radius 3 is 1.52 bits per heavy atom. The van der Waals surface area contributed by atoms with Gasteiger partial charge in [0.1, 0.15) is 120 Å². The van der Waals surface area contributed by atoms with E-state index in [4.69, 9.17) is 28.4 Å². The molecule has 1 heterocycles. The van der Waals surface area contributed by atoms with Gasteiger partial charge in [0.15, 0.2) is 11.4 Å². The molecule has 36 nitrogen and oxygen atoms in total. The fraction of sp³-hybridized carbons (Fsp3) is 0.224. The SMILES string of the molecule is COc1ccc(N=Nc2cc(OCCO)c(N=Nc3c(C(=O)O)nn(-c4ccc5c(O)c(N=Nc6cc(OCC(O)CO)c(N=Nc7cc(C)c(S(=O)(=O)O)cc7OC)cc6OC)c(S(=O)(=O)O)cc5c4S(=O)(=O)O)c3O)cc2OCCO)c(S(=O)(=O)O)c1. The maximum absolute atomic E-state index is 13.4. The van der Waals surface area contributed by atoms with E-state index in [0.717, 1.165) is 61.7 Å². The van der Waals surface area contributed by atoms with E-state index in [2.05, 4.69) is 46.0 Å². The van der Waals surface area contributed by atoms with Gasteiger partial charge < -0.3 is 64.2 Å². The summed E-state index contributed by atoms with van der Waals surface area (Å²) >= 11 is 0. The summed E-state index contributed by atoms with van der Waals surface area (Å²) in [5, 5.41) is 106. The van der Waals surface area contributed by atoms with Crippen molar-refractivity contribution in [2.45, 2.75) is 32.6 Å². The van der Waals surface area contributed by atoms with Crippen molar-refractivity contribution in [3.8, 4) is 51.8 Å². The first-order valence-electron chi connectivity index (χ1n) is 24.5. The Morgan fingerprint density at radius 1 is 0.539 bits per heavy atom. The van der Waals surface area contributed by atoms with Crippen molar-refractivity contribution in [3.05, 3.63) is 84.1 Å². The topological polar surface area (TPSA) is 548 Å². The second-order valence-corrected chi connectivity index (χ2v) is 23.2. The molecule has 0 amide bonds. The van der Waals surface area contributed by atoms with Gasteiger partial charge in [0.25, 0.3) is 40.5 Å². The summed E-state index contributed by atoms with van der Waals surface area (Å²) in [5.74, 6) is -5.90. The predicted molar refractivity (Wildman–Crippen MR) is 301 cm³/mol. The number of phenols is 1. The van der Waals surface area contributed by atoms with Crippen LogP contribution in [0.4, 0.5) is 45.5 Å². The number of nitrogens with zero attached hydrogens (tertiary/aromatic N) is 10. The third-order valence-electron chi connectivity index (χ3n) is 11.9. The van der Waals surface area contributed by atoms with Crippen molar-refractivity contribution in [1.82, 2.24) is 9.78 Å². The van der Waals surface area contributed by atoms with Gasteiger partial charge in [-0.1, -0.05) is 0 Å². The van der Waals surface area contributed by atoms with Crippen LogP contribution in [0.5, 0.6) is 46.1 Å². The number of fused-ring (bicyclic) bond motifs is 1. The molecule has 7 aromatic rings. The van der Waals surface area contributed by atoms with E-state index in [9.17, 15) is 92.4 Å². The molecule has 0 spiro atoms. The lowest BCUT2D eigenvalue weighted by Gasteiger charge is -2.15. The molecule has 1 atom stereocenters. The van der Waals surface area contributed by atoms with Crippen molar-refractivity contribution in [2.24, 2.45) is 40.9 Å². The molecule has 0 aliphatic carbocycles. The highest BCUT2D eigenvalue weighted by Crippen LogP contribution is 2.49. The lowest BCUT2D eigenvalue weighted by molar-refractivity contribution is 0.0538. The van der Waals surface area contributed by atoms with Crippen LogP contribution in [0.1, 0.15) is 16.1 Å². The van der Waals surface area contributed by atoms with Crippen molar-refractivity contribution < 1.29 is 121 Å². The number of aromatic carboxylic acids is 1. The van der Waals surface area contributed by atoms with E-state index in [1.165, 1.54) is 33.3 Å². The Labute approximate surface area is 501 Å². The lowest BCUT2D eigenvalue weighted by Crippen LogP contribution is -2.21. The number of hydrogen-bond donors (Lipinski definition) is 11. The molecule has 11 N–H and O–H groups in total. The molecule has 89 heavy (non-hydrogen) atoms. The Bertz CT molecular complexity index is 4520. The van der Waals surface area contributed by atoms with Crippen molar-refractivity contribution in [1.29, 1.82) is 0 Å². The Hall–Kier alpha value is -9.46. The maximum atomic E-state index is 13.4. The summed E-state index contributed by atoms with van der Waals surface area (Å²) in [6, 6.07) is 11.8. The second-order valence-electron chi connectivity index (χ2n) is 17.7. The highest BCUT2D eigenvalue weighted by Gasteiger charge is 2.32. The quantitative estimate of drug-likeness (QED) is 0.0191. The Balaban J connectivity index is 1.35. The van der Waals surface area contributed by atoms with E-state index < -0.39 is 168 Å². The van der Waals surface area contributed by atoms with E-state index in [1.54, 1.807) is 0 Å². The average molecular weight is 1320 g/mol. The number of rotatable bonds is 27. The molecule has 0 aliphatic rings. The standard InChI is InChI=1S/C49H48N10O26S4/c1-23-13-29(36(82-4)20-40(23)86(68,69)70)51-53-31-16-35(81-3)30(17-39(31)85-22-24(63)21-62)54-56-43-42(88(74,75)76)15-27-26(46(43)64)6-8-34(47(27)89(77,78)79)59-48(65)44(45(58-59)49(66)67)57-55-33-19-37(83-11-9-60)32(18-38(33)84-12-10-61)52-50-28-7-5-25(80-2)14-41(28)87(71,72)73/h5-8,13-20,24,60-65H,9-12,21-22H2,1-4H3,(H,66,67)(H,68,69,70)(H,71,72,73)(H,74,75,76)(H,77,78,79). The van der Waals surface area contributed by atoms with Crippen LogP contribution in [-0.2, 0) is 40.5 Å². The zero-order valence-electron chi connectivity index (χ0n) is 45.9. The van der Waals surface area contributed by atoms with Crippen molar-refractivity contribution in [2.75, 3.05) is 61.0 Å². The molecule has 1 aromatic heterocycles. The van der Waals surface area contributed by atoms with Crippen molar-refractivity contribution in [3.63, 3.8) is 0 Å². The van der Waals surface area contributed by atoms with Gasteiger partial charge in [-0.05, 0) is 48.9 Å². The summed E-state index contributed by atoms with van der Waals surface area (Å²) in [4.78, 5) is 8.69. The summed E-state index contributed by atoms with van der Waals surface area (Å²) < 4.78 is 175. The highest BCUT2D eigenvalue weighted by atomic mass is 32.2. The fourth-order valence-electron chi connectivity index (χ4n) is 7.88. The van der Waals surface area contributed by atoms with Gasteiger partial charge in [-0.25, -0.2) is 4.79 Å². The lowest BCUT2D eigenvalue weighted by atomic mass is 10.1. The number of ether oxygens (including phenoxy) is 6. The van der Waals surface area contributed by atoms with Crippen LogP contribution in [-0.4, -0.2) is 170 Å². The molecule has 0 fully saturated rings. The number of hydrogen-bond acceptors (Lipinski definition) is 30. The molecule has 40 heteroatoms.